The topological polar surface area (TPSA) is 86.4 Å². The molecule has 130 valence electrons. The minimum atomic E-state index is -3.63. The van der Waals surface area contributed by atoms with E-state index in [-0.39, 0.29) is 24.0 Å². The molecule has 3 rings (SSSR count). The molecular weight excluding hydrogens is 395 g/mol. The molecule has 11 heteroatoms. The van der Waals surface area contributed by atoms with Gasteiger partial charge in [-0.3, -0.25) is 4.79 Å². The van der Waals surface area contributed by atoms with E-state index in [0.29, 0.717) is 33.7 Å². The Kier molecular flexibility index (Phi) is 5.16. The van der Waals surface area contributed by atoms with Gasteiger partial charge in [0, 0.05) is 26.2 Å². The number of amides is 1. The first-order valence-electron chi connectivity index (χ1n) is 7.12. The van der Waals surface area contributed by atoms with Crippen molar-refractivity contribution in [3.05, 3.63) is 32.8 Å². The van der Waals surface area contributed by atoms with Crippen molar-refractivity contribution in [2.24, 2.45) is 0 Å². The summed E-state index contributed by atoms with van der Waals surface area (Å²) in [5.74, 6) is -0.232. The lowest BCUT2D eigenvalue weighted by Crippen LogP contribution is -2.37. The summed E-state index contributed by atoms with van der Waals surface area (Å²) in [6.07, 6.45) is 3.13. The molecule has 1 N–H and O–H groups in total. The first kappa shape index (κ1) is 17.7. The average molecular weight is 409 g/mol. The second-order valence-electron chi connectivity index (χ2n) is 5.20. The van der Waals surface area contributed by atoms with Crippen molar-refractivity contribution < 1.29 is 13.2 Å². The largest absolute Gasteiger partial charge is 0.337 e. The van der Waals surface area contributed by atoms with Gasteiger partial charge in [-0.15, -0.1) is 11.3 Å². The van der Waals surface area contributed by atoms with Gasteiger partial charge in [0.2, 0.25) is 0 Å². The van der Waals surface area contributed by atoms with Gasteiger partial charge in [0.05, 0.1) is 22.4 Å². The van der Waals surface area contributed by atoms with Gasteiger partial charge in [-0.1, -0.05) is 23.2 Å². The lowest BCUT2D eigenvalue weighted by Gasteiger charge is -2.21. The SMILES string of the molecule is O=C(c1cc(Cl)sc1Cl)N1CCCN(S(=O)(=O)c2cnc[nH]2)CC1. The van der Waals surface area contributed by atoms with Crippen LogP contribution in [0.15, 0.2) is 23.6 Å². The summed E-state index contributed by atoms with van der Waals surface area (Å²) in [6.45, 7) is 1.29. The predicted molar refractivity (Wildman–Crippen MR) is 92.2 cm³/mol. The molecule has 0 spiro atoms. The highest BCUT2D eigenvalue weighted by Crippen LogP contribution is 2.32. The molecule has 1 aliphatic heterocycles. The summed E-state index contributed by atoms with van der Waals surface area (Å²) in [4.78, 5) is 20.5. The quantitative estimate of drug-likeness (QED) is 0.843. The van der Waals surface area contributed by atoms with Crippen molar-refractivity contribution in [1.82, 2.24) is 19.2 Å². The molecule has 7 nitrogen and oxygen atoms in total. The highest BCUT2D eigenvalue weighted by atomic mass is 35.5. The normalized spacial score (nSPS) is 17.0. The van der Waals surface area contributed by atoms with Crippen LogP contribution in [-0.4, -0.2) is 59.7 Å². The number of nitrogens with one attached hydrogen (secondary N) is 1. The molecule has 0 aromatic carbocycles. The molecule has 1 amide bonds. The number of nitrogens with zero attached hydrogens (tertiary/aromatic N) is 3. The highest BCUT2D eigenvalue weighted by molar-refractivity contribution is 7.89. The van der Waals surface area contributed by atoms with Crippen molar-refractivity contribution in [2.45, 2.75) is 11.4 Å². The molecule has 0 aliphatic carbocycles. The zero-order chi connectivity index (χ0) is 17.3. The van der Waals surface area contributed by atoms with Crippen LogP contribution in [0.5, 0.6) is 0 Å². The number of hydrogen-bond donors (Lipinski definition) is 1. The van der Waals surface area contributed by atoms with Gasteiger partial charge in [0.1, 0.15) is 4.34 Å². The predicted octanol–water partition coefficient (Wildman–Crippen LogP) is 2.31. The van der Waals surface area contributed by atoms with Crippen molar-refractivity contribution >= 4 is 50.5 Å². The maximum atomic E-state index is 12.6. The molecule has 0 atom stereocenters. The summed E-state index contributed by atoms with van der Waals surface area (Å²) in [6, 6.07) is 1.54. The Morgan fingerprint density at radius 3 is 2.67 bits per heavy atom. The summed E-state index contributed by atoms with van der Waals surface area (Å²) < 4.78 is 27.2. The molecule has 24 heavy (non-hydrogen) atoms. The number of sulfonamides is 1. The van der Waals surface area contributed by atoms with Gasteiger partial charge in [-0.2, -0.15) is 4.31 Å². The minimum absolute atomic E-state index is 0.0509. The average Bonchev–Trinajstić information content (AvgIpc) is 3.10. The Balaban J connectivity index is 1.74. The van der Waals surface area contributed by atoms with Crippen LogP contribution in [0.3, 0.4) is 0 Å². The summed E-state index contributed by atoms with van der Waals surface area (Å²) in [5.41, 5.74) is 0.358. The van der Waals surface area contributed by atoms with Gasteiger partial charge < -0.3 is 9.88 Å². The van der Waals surface area contributed by atoms with E-state index in [4.69, 9.17) is 23.2 Å². The van der Waals surface area contributed by atoms with E-state index in [1.54, 1.807) is 11.0 Å². The van der Waals surface area contributed by atoms with Crippen LogP contribution < -0.4 is 0 Å². The number of carbonyl (C=O) groups is 1. The molecule has 3 heterocycles. The van der Waals surface area contributed by atoms with Gasteiger partial charge in [0.25, 0.3) is 15.9 Å². The maximum absolute atomic E-state index is 12.6. The Bertz CT molecular complexity index is 836. The van der Waals surface area contributed by atoms with Gasteiger partial charge in [-0.25, -0.2) is 13.4 Å². The number of rotatable bonds is 3. The first-order chi connectivity index (χ1) is 11.4. The van der Waals surface area contributed by atoms with Crippen LogP contribution in [0, 0.1) is 0 Å². The Labute approximate surface area is 153 Å². The molecule has 1 aliphatic rings. The van der Waals surface area contributed by atoms with Crippen molar-refractivity contribution in [1.29, 1.82) is 0 Å². The number of thiophene rings is 1. The van der Waals surface area contributed by atoms with Crippen molar-refractivity contribution in [3.63, 3.8) is 0 Å². The number of halogens is 2. The third kappa shape index (κ3) is 3.45. The number of H-pyrrole nitrogens is 1. The van der Waals surface area contributed by atoms with E-state index < -0.39 is 10.0 Å². The van der Waals surface area contributed by atoms with E-state index in [0.717, 1.165) is 11.3 Å². The number of imidazole rings is 1. The lowest BCUT2D eigenvalue weighted by molar-refractivity contribution is 0.0765. The second kappa shape index (κ2) is 7.01. The molecule has 1 saturated heterocycles. The van der Waals surface area contributed by atoms with E-state index in [2.05, 4.69) is 9.97 Å². The van der Waals surface area contributed by atoms with Crippen molar-refractivity contribution in [2.75, 3.05) is 26.2 Å². The number of aromatic nitrogens is 2. The Morgan fingerprint density at radius 1 is 1.25 bits per heavy atom. The fourth-order valence-electron chi connectivity index (χ4n) is 2.52. The molecule has 2 aromatic heterocycles. The van der Waals surface area contributed by atoms with Crippen LogP contribution in [0.1, 0.15) is 16.8 Å². The van der Waals surface area contributed by atoms with Crippen molar-refractivity contribution in [3.8, 4) is 0 Å². The van der Waals surface area contributed by atoms with Crippen LogP contribution in [0.4, 0.5) is 0 Å². The summed E-state index contributed by atoms with van der Waals surface area (Å²) in [7, 11) is -3.63. The van der Waals surface area contributed by atoms with Crippen LogP contribution in [0.2, 0.25) is 8.67 Å². The van der Waals surface area contributed by atoms with E-state index in [1.807, 2.05) is 0 Å². The van der Waals surface area contributed by atoms with Crippen LogP contribution >= 0.6 is 34.5 Å². The Morgan fingerprint density at radius 2 is 2.04 bits per heavy atom. The summed E-state index contributed by atoms with van der Waals surface area (Å²) in [5, 5.41) is 0.0509. The maximum Gasteiger partial charge on any atom is 0.260 e. The monoisotopic (exact) mass is 408 g/mol. The van der Waals surface area contributed by atoms with Gasteiger partial charge in [-0.05, 0) is 12.5 Å². The fourth-order valence-corrected chi connectivity index (χ4v) is 5.33. The van der Waals surface area contributed by atoms with E-state index in [1.165, 1.54) is 16.8 Å². The molecular formula is C13H14Cl2N4O3S2. The standard InChI is InChI=1S/C13H14Cl2N4O3S2/c14-10-6-9(12(15)23-10)13(20)18-2-1-3-19(5-4-18)24(21,22)11-7-16-8-17-11/h6-8H,1-5H2,(H,16,17). The minimum Gasteiger partial charge on any atom is -0.337 e. The van der Waals surface area contributed by atoms with Crippen LogP contribution in [0.25, 0.3) is 0 Å². The first-order valence-corrected chi connectivity index (χ1v) is 10.1. The third-order valence-electron chi connectivity index (χ3n) is 3.72. The third-order valence-corrected chi connectivity index (χ3v) is 7.03. The number of carbonyl (C=O) groups excluding carboxylic acids is 1. The van der Waals surface area contributed by atoms with Crippen LogP contribution in [-0.2, 0) is 10.0 Å². The van der Waals surface area contributed by atoms with E-state index >= 15 is 0 Å². The van der Waals surface area contributed by atoms with E-state index in [9.17, 15) is 13.2 Å². The molecule has 2 aromatic rings. The lowest BCUT2D eigenvalue weighted by atomic mass is 10.3. The molecule has 0 unspecified atom stereocenters. The molecule has 0 saturated carbocycles. The number of aromatic amines is 1. The molecule has 1 fully saturated rings. The molecule has 0 bridgehead atoms. The second-order valence-corrected chi connectivity index (χ2v) is 9.40. The smallest absolute Gasteiger partial charge is 0.260 e. The summed E-state index contributed by atoms with van der Waals surface area (Å²) >= 11 is 13.1. The zero-order valence-corrected chi connectivity index (χ0v) is 15.6. The van der Waals surface area contributed by atoms with Gasteiger partial charge >= 0.3 is 0 Å². The number of hydrogen-bond acceptors (Lipinski definition) is 5. The Hall–Kier alpha value is -1.13. The fraction of sp³-hybridized carbons (Fsp3) is 0.385. The zero-order valence-electron chi connectivity index (χ0n) is 12.4. The molecule has 0 radical (unpaired) electrons. The van der Waals surface area contributed by atoms with Gasteiger partial charge in [0.15, 0.2) is 5.03 Å². The highest BCUT2D eigenvalue weighted by Gasteiger charge is 2.30.